The molecule has 1 aliphatic heterocycles. The Morgan fingerprint density at radius 2 is 2.07 bits per heavy atom. The van der Waals surface area contributed by atoms with E-state index in [9.17, 15) is 4.79 Å². The Hall–Kier alpha value is -3.28. The van der Waals surface area contributed by atoms with E-state index in [0.717, 1.165) is 22.6 Å². The Morgan fingerprint density at radius 3 is 2.85 bits per heavy atom. The molecule has 138 valence electrons. The monoisotopic (exact) mass is 364 g/mol. The van der Waals surface area contributed by atoms with Gasteiger partial charge >= 0.3 is 5.97 Å². The zero-order chi connectivity index (χ0) is 18.8. The first-order valence-electron chi connectivity index (χ1n) is 8.82. The average Bonchev–Trinajstić information content (AvgIpc) is 3.23. The first-order valence-corrected chi connectivity index (χ1v) is 8.82. The molecule has 1 aliphatic rings. The van der Waals surface area contributed by atoms with Gasteiger partial charge in [0.1, 0.15) is 23.8 Å². The minimum atomic E-state index is -0.818. The quantitative estimate of drug-likeness (QED) is 0.722. The number of aromatic nitrogens is 2. The van der Waals surface area contributed by atoms with Gasteiger partial charge in [-0.15, -0.1) is 0 Å². The highest BCUT2D eigenvalue weighted by molar-refractivity contribution is 5.68. The van der Waals surface area contributed by atoms with Crippen molar-refractivity contribution in [3.05, 3.63) is 71.5 Å². The molecule has 1 N–H and O–H groups in total. The third-order valence-electron chi connectivity index (χ3n) is 4.61. The van der Waals surface area contributed by atoms with Crippen molar-refractivity contribution in [2.75, 3.05) is 6.61 Å². The number of carbonyl (C=O) groups is 1. The van der Waals surface area contributed by atoms with E-state index in [1.165, 1.54) is 0 Å². The van der Waals surface area contributed by atoms with E-state index in [1.54, 1.807) is 0 Å². The first-order chi connectivity index (χ1) is 13.1. The van der Waals surface area contributed by atoms with Crippen molar-refractivity contribution in [3.8, 4) is 17.2 Å². The van der Waals surface area contributed by atoms with Crippen molar-refractivity contribution in [3.63, 3.8) is 0 Å². The van der Waals surface area contributed by atoms with Gasteiger partial charge < -0.3 is 14.6 Å². The molecule has 0 aliphatic carbocycles. The lowest BCUT2D eigenvalue weighted by atomic mass is 9.98. The molecule has 0 radical (unpaired) electrons. The molecule has 6 nitrogen and oxygen atoms in total. The van der Waals surface area contributed by atoms with Gasteiger partial charge in [0.25, 0.3) is 0 Å². The molecule has 0 amide bonds. The van der Waals surface area contributed by atoms with E-state index in [-0.39, 0.29) is 12.3 Å². The maximum Gasteiger partial charge on any atom is 0.304 e. The highest BCUT2D eigenvalue weighted by atomic mass is 16.5. The van der Waals surface area contributed by atoms with Crippen LogP contribution < -0.4 is 9.47 Å². The van der Waals surface area contributed by atoms with Crippen LogP contribution in [0.3, 0.4) is 0 Å². The van der Waals surface area contributed by atoms with Crippen LogP contribution in [0.4, 0.5) is 0 Å². The second-order valence-electron chi connectivity index (χ2n) is 6.62. The molecular formula is C21H20N2O4. The van der Waals surface area contributed by atoms with Crippen molar-refractivity contribution in [2.45, 2.75) is 25.9 Å². The van der Waals surface area contributed by atoms with Crippen LogP contribution in [0.2, 0.25) is 0 Å². The fraction of sp³-hybridized carbons (Fsp3) is 0.238. The predicted molar refractivity (Wildman–Crippen MR) is 99.6 cm³/mol. The van der Waals surface area contributed by atoms with Gasteiger partial charge in [0, 0.05) is 23.2 Å². The number of carboxylic acid groups (broad SMARTS) is 1. The van der Waals surface area contributed by atoms with E-state index in [2.05, 4.69) is 5.10 Å². The average molecular weight is 364 g/mol. The van der Waals surface area contributed by atoms with Gasteiger partial charge in [0.15, 0.2) is 0 Å². The van der Waals surface area contributed by atoms with E-state index >= 15 is 0 Å². The lowest BCUT2D eigenvalue weighted by molar-refractivity contribution is -0.137. The maximum atomic E-state index is 10.9. The summed E-state index contributed by atoms with van der Waals surface area (Å²) in [5, 5.41) is 13.6. The smallest absolute Gasteiger partial charge is 0.304 e. The number of aryl methyl sites for hydroxylation is 1. The van der Waals surface area contributed by atoms with Crippen LogP contribution >= 0.6 is 0 Å². The van der Waals surface area contributed by atoms with E-state index in [0.29, 0.717) is 24.7 Å². The van der Waals surface area contributed by atoms with E-state index in [4.69, 9.17) is 14.6 Å². The van der Waals surface area contributed by atoms with Crippen molar-refractivity contribution >= 4 is 5.97 Å². The largest absolute Gasteiger partial charge is 0.492 e. The van der Waals surface area contributed by atoms with Crippen molar-refractivity contribution in [1.29, 1.82) is 0 Å². The van der Waals surface area contributed by atoms with Gasteiger partial charge in [0.05, 0.1) is 18.7 Å². The molecule has 2 heterocycles. The molecule has 6 heteroatoms. The van der Waals surface area contributed by atoms with E-state index < -0.39 is 5.97 Å². The van der Waals surface area contributed by atoms with Gasteiger partial charge in [-0.25, -0.2) is 4.68 Å². The summed E-state index contributed by atoms with van der Waals surface area (Å²) < 4.78 is 13.4. The van der Waals surface area contributed by atoms with Gasteiger partial charge in [-0.05, 0) is 31.2 Å². The molecule has 0 fully saturated rings. The molecular weight excluding hydrogens is 344 g/mol. The van der Waals surface area contributed by atoms with Crippen LogP contribution in [0.15, 0.2) is 54.6 Å². The zero-order valence-electron chi connectivity index (χ0n) is 15.0. The maximum absolute atomic E-state index is 10.9. The topological polar surface area (TPSA) is 73.6 Å². The van der Waals surface area contributed by atoms with Gasteiger partial charge in [-0.3, -0.25) is 4.79 Å². The number of fused-ring (bicyclic) bond motifs is 1. The second-order valence-corrected chi connectivity index (χ2v) is 6.62. The van der Waals surface area contributed by atoms with E-state index in [1.807, 2.05) is 66.2 Å². The SMILES string of the molecule is Cc1cc(COc2ccc3c(c2)OCC3CC(=O)O)nn1-c1ccccc1. The standard InChI is InChI=1S/C21H20N2O4/c1-14-9-16(22-23(14)17-5-3-2-4-6-17)13-26-18-7-8-19-15(10-21(24)25)12-27-20(19)11-18/h2-9,11,15H,10,12-13H2,1H3,(H,24,25). The molecule has 0 bridgehead atoms. The molecule has 1 atom stereocenters. The number of rotatable bonds is 6. The van der Waals surface area contributed by atoms with Crippen LogP contribution in [-0.2, 0) is 11.4 Å². The fourth-order valence-electron chi connectivity index (χ4n) is 3.32. The molecule has 1 aromatic heterocycles. The Labute approximate surface area is 157 Å². The minimum absolute atomic E-state index is 0.0728. The highest BCUT2D eigenvalue weighted by Crippen LogP contribution is 2.38. The number of hydrogen-bond acceptors (Lipinski definition) is 4. The third kappa shape index (κ3) is 3.65. The number of hydrogen-bond donors (Lipinski definition) is 1. The molecule has 27 heavy (non-hydrogen) atoms. The Bertz CT molecular complexity index is 966. The summed E-state index contributed by atoms with van der Waals surface area (Å²) in [5.41, 5.74) is 3.81. The van der Waals surface area contributed by atoms with Crippen LogP contribution in [0.25, 0.3) is 5.69 Å². The van der Waals surface area contributed by atoms with Gasteiger partial charge in [0.2, 0.25) is 0 Å². The summed E-state index contributed by atoms with van der Waals surface area (Å²) >= 11 is 0. The van der Waals surface area contributed by atoms with Crippen LogP contribution in [-0.4, -0.2) is 27.5 Å². The lowest BCUT2D eigenvalue weighted by Crippen LogP contribution is -2.07. The third-order valence-corrected chi connectivity index (χ3v) is 4.61. The molecule has 3 aromatic rings. The summed E-state index contributed by atoms with van der Waals surface area (Å²) in [5.74, 6) is 0.457. The summed E-state index contributed by atoms with van der Waals surface area (Å²) in [7, 11) is 0. The van der Waals surface area contributed by atoms with Gasteiger partial charge in [-0.2, -0.15) is 5.10 Å². The van der Waals surface area contributed by atoms with Crippen LogP contribution in [0.1, 0.15) is 29.3 Å². The fourth-order valence-corrected chi connectivity index (χ4v) is 3.32. The van der Waals surface area contributed by atoms with Crippen molar-refractivity contribution in [2.24, 2.45) is 0 Å². The summed E-state index contributed by atoms with van der Waals surface area (Å²) in [6.07, 6.45) is 0.0728. The molecule has 2 aromatic carbocycles. The minimum Gasteiger partial charge on any atom is -0.492 e. The number of benzene rings is 2. The van der Waals surface area contributed by atoms with Crippen molar-refractivity contribution < 1.29 is 19.4 Å². The molecule has 1 unspecified atom stereocenters. The Kier molecular flexibility index (Phi) is 4.54. The van der Waals surface area contributed by atoms with Crippen LogP contribution in [0.5, 0.6) is 11.5 Å². The first kappa shape index (κ1) is 17.1. The predicted octanol–water partition coefficient (Wildman–Crippen LogP) is 3.71. The number of nitrogens with zero attached hydrogens (tertiary/aromatic N) is 2. The number of aliphatic carboxylic acids is 1. The molecule has 0 saturated carbocycles. The highest BCUT2D eigenvalue weighted by Gasteiger charge is 2.26. The number of carboxylic acids is 1. The molecule has 4 rings (SSSR count). The summed E-state index contributed by atoms with van der Waals surface area (Å²) in [6, 6.07) is 17.5. The summed E-state index contributed by atoms with van der Waals surface area (Å²) in [4.78, 5) is 10.9. The molecule has 0 spiro atoms. The number of para-hydroxylation sites is 1. The number of ether oxygens (including phenoxy) is 2. The lowest BCUT2D eigenvalue weighted by Gasteiger charge is -2.08. The normalized spacial score (nSPS) is 15.2. The second kappa shape index (κ2) is 7.15. The van der Waals surface area contributed by atoms with Crippen LogP contribution in [0, 0.1) is 6.92 Å². The zero-order valence-corrected chi connectivity index (χ0v) is 15.0. The molecule has 0 saturated heterocycles. The Balaban J connectivity index is 1.45. The van der Waals surface area contributed by atoms with Gasteiger partial charge in [-0.1, -0.05) is 24.3 Å². The summed E-state index contributed by atoms with van der Waals surface area (Å²) in [6.45, 7) is 2.75. The van der Waals surface area contributed by atoms with Crippen molar-refractivity contribution in [1.82, 2.24) is 9.78 Å². The Morgan fingerprint density at radius 1 is 1.26 bits per heavy atom.